The highest BCUT2D eigenvalue weighted by Gasteiger charge is 2.19. The topological polar surface area (TPSA) is 56.7 Å². The van der Waals surface area contributed by atoms with Crippen molar-refractivity contribution in [2.45, 2.75) is 68.8 Å². The first-order chi connectivity index (χ1) is 8.18. The highest BCUT2D eigenvalue weighted by atomic mass is 32.2. The zero-order valence-corrected chi connectivity index (χ0v) is 11.5. The van der Waals surface area contributed by atoms with E-state index in [-0.39, 0.29) is 0 Å². The summed E-state index contributed by atoms with van der Waals surface area (Å²) < 4.78 is 2.04. The zero-order valence-electron chi connectivity index (χ0n) is 10.7. The molecule has 5 heteroatoms. The van der Waals surface area contributed by atoms with Crippen molar-refractivity contribution >= 4 is 17.7 Å². The predicted octanol–water partition coefficient (Wildman–Crippen LogP) is 3.26. The smallest absolute Gasteiger partial charge is 0.222 e. The molecule has 0 saturated heterocycles. The Labute approximate surface area is 107 Å². The molecule has 0 amide bonds. The lowest BCUT2D eigenvalue weighted by atomic mass is 10.2. The number of hydrogen-bond donors (Lipinski definition) is 1. The van der Waals surface area contributed by atoms with Gasteiger partial charge in [0.1, 0.15) is 0 Å². The second kappa shape index (κ2) is 5.76. The summed E-state index contributed by atoms with van der Waals surface area (Å²) in [5.41, 5.74) is 5.85. The Morgan fingerprint density at radius 1 is 1.18 bits per heavy atom. The van der Waals surface area contributed by atoms with Gasteiger partial charge in [0.05, 0.1) is 0 Å². The third-order valence-electron chi connectivity index (χ3n) is 3.28. The fraction of sp³-hybridized carbons (Fsp3) is 0.833. The summed E-state index contributed by atoms with van der Waals surface area (Å²) in [6.07, 6.45) is 8.07. The lowest BCUT2D eigenvalue weighted by Gasteiger charge is -2.16. The van der Waals surface area contributed by atoms with Crippen LogP contribution in [0.5, 0.6) is 0 Å². The van der Waals surface area contributed by atoms with Gasteiger partial charge in [-0.2, -0.15) is 0 Å². The first-order valence-corrected chi connectivity index (χ1v) is 7.43. The largest absolute Gasteiger partial charge is 0.368 e. The molecule has 0 atom stereocenters. The van der Waals surface area contributed by atoms with Crippen LogP contribution in [0.4, 0.5) is 5.95 Å². The molecule has 1 aromatic rings. The monoisotopic (exact) mass is 254 g/mol. The Bertz CT molecular complexity index is 353. The minimum atomic E-state index is 0.332. The van der Waals surface area contributed by atoms with Crippen molar-refractivity contribution in [1.29, 1.82) is 0 Å². The van der Waals surface area contributed by atoms with Crippen LogP contribution in [-0.2, 0) is 0 Å². The van der Waals surface area contributed by atoms with Crippen LogP contribution in [0, 0.1) is 0 Å². The fourth-order valence-electron chi connectivity index (χ4n) is 2.36. The molecule has 0 bridgehead atoms. The van der Waals surface area contributed by atoms with Crippen LogP contribution in [-0.4, -0.2) is 20.0 Å². The number of nitrogen functional groups attached to an aromatic ring is 1. The van der Waals surface area contributed by atoms with E-state index < -0.39 is 0 Å². The van der Waals surface area contributed by atoms with Crippen LogP contribution in [0.15, 0.2) is 5.16 Å². The average molecular weight is 254 g/mol. The van der Waals surface area contributed by atoms with Crippen molar-refractivity contribution in [3.8, 4) is 0 Å². The number of rotatable bonds is 3. The molecule has 0 radical (unpaired) electrons. The van der Waals surface area contributed by atoms with E-state index in [0.29, 0.717) is 17.2 Å². The SMILES string of the molecule is CC(C)n1c(N)nnc1SC1CCCCCC1. The van der Waals surface area contributed by atoms with Gasteiger partial charge in [-0.05, 0) is 26.7 Å². The molecule has 0 unspecified atom stereocenters. The molecule has 1 aliphatic rings. The van der Waals surface area contributed by atoms with Crippen molar-refractivity contribution in [1.82, 2.24) is 14.8 Å². The van der Waals surface area contributed by atoms with Gasteiger partial charge in [0, 0.05) is 11.3 Å². The number of thioether (sulfide) groups is 1. The van der Waals surface area contributed by atoms with Crippen molar-refractivity contribution in [2.75, 3.05) is 5.73 Å². The Morgan fingerprint density at radius 3 is 2.41 bits per heavy atom. The summed E-state index contributed by atoms with van der Waals surface area (Å²) in [7, 11) is 0. The third kappa shape index (κ3) is 3.15. The van der Waals surface area contributed by atoms with E-state index in [0.717, 1.165) is 5.16 Å². The molecule has 1 saturated carbocycles. The number of aromatic nitrogens is 3. The Morgan fingerprint density at radius 2 is 1.82 bits per heavy atom. The van der Waals surface area contributed by atoms with E-state index in [9.17, 15) is 0 Å². The molecular weight excluding hydrogens is 232 g/mol. The van der Waals surface area contributed by atoms with Crippen molar-refractivity contribution in [3.63, 3.8) is 0 Å². The average Bonchev–Trinajstić information content (AvgIpc) is 2.51. The quantitative estimate of drug-likeness (QED) is 0.841. The molecule has 1 heterocycles. The summed E-state index contributed by atoms with van der Waals surface area (Å²) in [6.45, 7) is 4.24. The van der Waals surface area contributed by atoms with E-state index >= 15 is 0 Å². The second-order valence-corrected chi connectivity index (χ2v) is 6.30. The predicted molar refractivity (Wildman–Crippen MR) is 72.2 cm³/mol. The van der Waals surface area contributed by atoms with Gasteiger partial charge in [-0.15, -0.1) is 10.2 Å². The molecule has 96 valence electrons. The molecule has 1 fully saturated rings. The van der Waals surface area contributed by atoms with Crippen LogP contribution in [0.2, 0.25) is 0 Å². The summed E-state index contributed by atoms with van der Waals surface area (Å²) in [5, 5.41) is 9.89. The van der Waals surface area contributed by atoms with E-state index in [2.05, 4.69) is 24.0 Å². The molecule has 2 rings (SSSR count). The maximum Gasteiger partial charge on any atom is 0.222 e. The van der Waals surface area contributed by atoms with Gasteiger partial charge in [0.15, 0.2) is 5.16 Å². The molecule has 0 aromatic carbocycles. The van der Waals surface area contributed by atoms with Crippen LogP contribution in [0.1, 0.15) is 58.4 Å². The lowest BCUT2D eigenvalue weighted by molar-refractivity contribution is 0.555. The molecule has 1 aromatic heterocycles. The minimum Gasteiger partial charge on any atom is -0.368 e. The molecule has 0 spiro atoms. The maximum absolute atomic E-state index is 5.85. The van der Waals surface area contributed by atoms with Gasteiger partial charge in [0.2, 0.25) is 5.95 Å². The van der Waals surface area contributed by atoms with E-state index in [1.54, 1.807) is 0 Å². The summed E-state index contributed by atoms with van der Waals surface area (Å²) in [5.74, 6) is 0.538. The fourth-order valence-corrected chi connectivity index (χ4v) is 3.74. The summed E-state index contributed by atoms with van der Waals surface area (Å²) in [4.78, 5) is 0. The number of hydrogen-bond acceptors (Lipinski definition) is 4. The summed E-state index contributed by atoms with van der Waals surface area (Å²) in [6, 6.07) is 0.332. The van der Waals surface area contributed by atoms with Gasteiger partial charge in [0.25, 0.3) is 0 Å². The van der Waals surface area contributed by atoms with Crippen LogP contribution < -0.4 is 5.73 Å². The number of anilines is 1. The number of nitrogens with two attached hydrogens (primary N) is 1. The molecule has 17 heavy (non-hydrogen) atoms. The molecule has 0 aliphatic heterocycles. The van der Waals surface area contributed by atoms with Crippen molar-refractivity contribution in [3.05, 3.63) is 0 Å². The van der Waals surface area contributed by atoms with Crippen LogP contribution >= 0.6 is 11.8 Å². The Kier molecular flexibility index (Phi) is 4.31. The lowest BCUT2D eigenvalue weighted by Crippen LogP contribution is -2.09. The van der Waals surface area contributed by atoms with Crippen LogP contribution in [0.3, 0.4) is 0 Å². The van der Waals surface area contributed by atoms with Gasteiger partial charge in [-0.25, -0.2) is 0 Å². The highest BCUT2D eigenvalue weighted by molar-refractivity contribution is 7.99. The first kappa shape index (κ1) is 12.7. The molecular formula is C12H22N4S. The standard InChI is InChI=1S/C12H22N4S/c1-9(2)16-11(13)14-15-12(16)17-10-7-5-3-4-6-8-10/h9-10H,3-8H2,1-2H3,(H2,13,14). The van der Waals surface area contributed by atoms with Gasteiger partial charge < -0.3 is 5.73 Å². The highest BCUT2D eigenvalue weighted by Crippen LogP contribution is 2.33. The normalized spacial score (nSPS) is 18.5. The van der Waals surface area contributed by atoms with E-state index in [1.165, 1.54) is 38.5 Å². The van der Waals surface area contributed by atoms with Gasteiger partial charge in [-0.1, -0.05) is 37.4 Å². The first-order valence-electron chi connectivity index (χ1n) is 6.55. The van der Waals surface area contributed by atoms with Crippen LogP contribution in [0.25, 0.3) is 0 Å². The van der Waals surface area contributed by atoms with Crippen molar-refractivity contribution in [2.24, 2.45) is 0 Å². The minimum absolute atomic E-state index is 0.332. The second-order valence-electron chi connectivity index (χ2n) is 5.04. The molecule has 4 nitrogen and oxygen atoms in total. The Hall–Kier alpha value is -0.710. The van der Waals surface area contributed by atoms with E-state index in [4.69, 9.17) is 5.73 Å². The Balaban J connectivity index is 2.06. The van der Waals surface area contributed by atoms with Gasteiger partial charge >= 0.3 is 0 Å². The number of nitrogens with zero attached hydrogens (tertiary/aromatic N) is 3. The van der Waals surface area contributed by atoms with Gasteiger partial charge in [-0.3, -0.25) is 4.57 Å². The summed E-state index contributed by atoms with van der Waals surface area (Å²) >= 11 is 1.86. The third-order valence-corrected chi connectivity index (χ3v) is 4.58. The van der Waals surface area contributed by atoms with Crippen molar-refractivity contribution < 1.29 is 0 Å². The zero-order chi connectivity index (χ0) is 12.3. The molecule has 1 aliphatic carbocycles. The van der Waals surface area contributed by atoms with E-state index in [1.807, 2.05) is 16.3 Å². The molecule has 2 N–H and O–H groups in total. The maximum atomic E-state index is 5.85.